The molecule has 6 nitrogen and oxygen atoms in total. The van der Waals surface area contributed by atoms with Crippen LogP contribution < -0.4 is 9.64 Å². The van der Waals surface area contributed by atoms with Crippen LogP contribution in [0.4, 0.5) is 14.5 Å². The van der Waals surface area contributed by atoms with Gasteiger partial charge in [-0.1, -0.05) is 12.1 Å². The molecular formula is C27H22F2N2O4. The maximum atomic E-state index is 14.0. The van der Waals surface area contributed by atoms with Crippen LogP contribution in [0.25, 0.3) is 0 Å². The van der Waals surface area contributed by atoms with E-state index in [2.05, 4.69) is 0 Å². The Balaban J connectivity index is 1.56. The highest BCUT2D eigenvalue weighted by atomic mass is 19.1. The molecule has 178 valence electrons. The molecule has 8 heteroatoms. The number of fused-ring (bicyclic) bond motifs is 1. The normalized spacial score (nSPS) is 15.7. The maximum absolute atomic E-state index is 14.0. The van der Waals surface area contributed by atoms with Crippen LogP contribution in [0, 0.1) is 11.6 Å². The van der Waals surface area contributed by atoms with E-state index >= 15 is 0 Å². The topological polar surface area (TPSA) is 66.9 Å². The fraction of sp³-hybridized carbons (Fsp3) is 0.222. The minimum atomic E-state index is -1.29. The summed E-state index contributed by atoms with van der Waals surface area (Å²) >= 11 is 0. The average molecular weight is 476 g/mol. The van der Waals surface area contributed by atoms with Crippen LogP contribution >= 0.6 is 0 Å². The van der Waals surface area contributed by atoms with Crippen LogP contribution in [-0.4, -0.2) is 41.8 Å². The lowest BCUT2D eigenvalue weighted by atomic mass is 10.0. The van der Waals surface area contributed by atoms with Crippen molar-refractivity contribution in [3.05, 3.63) is 95.1 Å². The van der Waals surface area contributed by atoms with E-state index in [9.17, 15) is 23.2 Å². The number of carbonyl (C=O) groups is 3. The predicted octanol–water partition coefficient (Wildman–Crippen LogP) is 4.38. The highest BCUT2D eigenvalue weighted by molar-refractivity contribution is 6.23. The number of anilines is 1. The number of amides is 3. The first-order valence-corrected chi connectivity index (χ1v) is 11.3. The third kappa shape index (κ3) is 4.27. The second kappa shape index (κ2) is 8.94. The second-order valence-corrected chi connectivity index (χ2v) is 8.66. The van der Waals surface area contributed by atoms with Crippen molar-refractivity contribution in [1.82, 2.24) is 4.90 Å². The van der Waals surface area contributed by atoms with E-state index in [-0.39, 0.29) is 29.2 Å². The first-order valence-electron chi connectivity index (χ1n) is 11.3. The Labute approximate surface area is 200 Å². The molecule has 0 saturated heterocycles. The molecule has 1 heterocycles. The van der Waals surface area contributed by atoms with Gasteiger partial charge >= 0.3 is 0 Å². The third-order valence-corrected chi connectivity index (χ3v) is 6.27. The maximum Gasteiger partial charge on any atom is 0.262 e. The summed E-state index contributed by atoms with van der Waals surface area (Å²) < 4.78 is 33.1. The molecule has 3 aromatic carbocycles. The summed E-state index contributed by atoms with van der Waals surface area (Å²) in [5.41, 5.74) is 1.15. The smallest absolute Gasteiger partial charge is 0.262 e. The Morgan fingerprint density at radius 2 is 1.54 bits per heavy atom. The molecule has 1 fully saturated rings. The Morgan fingerprint density at radius 1 is 0.971 bits per heavy atom. The van der Waals surface area contributed by atoms with E-state index in [0.717, 1.165) is 35.9 Å². The predicted molar refractivity (Wildman–Crippen MR) is 124 cm³/mol. The van der Waals surface area contributed by atoms with Crippen LogP contribution in [0.5, 0.6) is 5.75 Å². The first-order chi connectivity index (χ1) is 16.9. The lowest BCUT2D eigenvalue weighted by molar-refractivity contribution is -0.122. The van der Waals surface area contributed by atoms with E-state index < -0.39 is 35.4 Å². The van der Waals surface area contributed by atoms with Gasteiger partial charge in [0.25, 0.3) is 17.7 Å². The number of halogens is 2. The van der Waals surface area contributed by atoms with Crippen molar-refractivity contribution in [2.24, 2.45) is 0 Å². The van der Waals surface area contributed by atoms with Gasteiger partial charge in [0.05, 0.1) is 18.2 Å². The molecule has 35 heavy (non-hydrogen) atoms. The largest absolute Gasteiger partial charge is 0.497 e. The number of hydrogen-bond acceptors (Lipinski definition) is 4. The number of nitrogens with zero attached hydrogens (tertiary/aromatic N) is 2. The molecule has 3 aromatic rings. The van der Waals surface area contributed by atoms with E-state index in [1.165, 1.54) is 19.2 Å². The van der Waals surface area contributed by atoms with Gasteiger partial charge in [0.1, 0.15) is 23.4 Å². The van der Waals surface area contributed by atoms with Gasteiger partial charge < -0.3 is 9.64 Å². The van der Waals surface area contributed by atoms with E-state index in [4.69, 9.17) is 4.74 Å². The second-order valence-electron chi connectivity index (χ2n) is 8.66. The van der Waals surface area contributed by atoms with Crippen molar-refractivity contribution in [3.63, 3.8) is 0 Å². The zero-order valence-corrected chi connectivity index (χ0v) is 18.9. The molecule has 0 aromatic heterocycles. The summed E-state index contributed by atoms with van der Waals surface area (Å²) in [6.45, 7) is 0. The van der Waals surface area contributed by atoms with Crippen LogP contribution in [0.1, 0.15) is 39.1 Å². The summed E-state index contributed by atoms with van der Waals surface area (Å²) in [6, 6.07) is 14.8. The molecule has 5 rings (SSSR count). The van der Waals surface area contributed by atoms with Crippen LogP contribution in [0.2, 0.25) is 0 Å². The molecule has 3 amide bonds. The molecule has 0 N–H and O–H groups in total. The summed E-state index contributed by atoms with van der Waals surface area (Å²) in [6.07, 6.45) is 1.31. The van der Waals surface area contributed by atoms with Gasteiger partial charge in [-0.2, -0.15) is 0 Å². The first kappa shape index (κ1) is 22.7. The average Bonchev–Trinajstić information content (AvgIpc) is 3.64. The van der Waals surface area contributed by atoms with Gasteiger partial charge in [-0.3, -0.25) is 19.3 Å². The highest BCUT2D eigenvalue weighted by Gasteiger charge is 2.46. The SMILES string of the molecule is COc1ccc(N(C(=O)[C@H](Cc2cc(F)cc(F)c2)N2C(=O)c3ccccc3C2=O)C2CC2)cc1. The molecule has 1 saturated carbocycles. The van der Waals surface area contributed by atoms with Gasteiger partial charge in [-0.05, 0) is 66.9 Å². The molecule has 0 unspecified atom stereocenters. The summed E-state index contributed by atoms with van der Waals surface area (Å²) in [7, 11) is 1.54. The summed E-state index contributed by atoms with van der Waals surface area (Å²) in [5.74, 6) is -2.69. The van der Waals surface area contributed by atoms with Gasteiger partial charge in [-0.15, -0.1) is 0 Å². The number of hydrogen-bond donors (Lipinski definition) is 0. The zero-order chi connectivity index (χ0) is 24.7. The Morgan fingerprint density at radius 3 is 2.06 bits per heavy atom. The number of rotatable bonds is 7. The lowest BCUT2D eigenvalue weighted by Crippen LogP contribution is -2.53. The fourth-order valence-corrected chi connectivity index (χ4v) is 4.49. The van der Waals surface area contributed by atoms with E-state index in [1.54, 1.807) is 41.3 Å². The minimum absolute atomic E-state index is 0.0992. The van der Waals surface area contributed by atoms with Crippen molar-refractivity contribution in [2.75, 3.05) is 12.0 Å². The number of benzene rings is 3. The summed E-state index contributed by atoms with van der Waals surface area (Å²) in [5, 5.41) is 0. The van der Waals surface area contributed by atoms with E-state index in [1.807, 2.05) is 0 Å². The monoisotopic (exact) mass is 476 g/mol. The van der Waals surface area contributed by atoms with Crippen LogP contribution in [0.3, 0.4) is 0 Å². The molecule has 1 atom stereocenters. The standard InChI is InChI=1S/C27H22F2N2O4/c1-35-21-10-8-20(9-11-21)30(19-6-7-19)27(34)24(14-16-12-17(28)15-18(29)13-16)31-25(32)22-4-2-3-5-23(22)26(31)33/h2-5,8-13,15,19,24H,6-7,14H2,1H3/t24-/m0/s1. The number of carbonyl (C=O) groups excluding carboxylic acids is 3. The van der Waals surface area contributed by atoms with Crippen molar-refractivity contribution < 1.29 is 27.9 Å². The van der Waals surface area contributed by atoms with Crippen LogP contribution in [-0.2, 0) is 11.2 Å². The molecule has 1 aliphatic heterocycles. The Bertz CT molecular complexity index is 1270. The highest BCUT2D eigenvalue weighted by Crippen LogP contribution is 2.35. The third-order valence-electron chi connectivity index (χ3n) is 6.27. The van der Waals surface area contributed by atoms with Crippen molar-refractivity contribution in [1.29, 1.82) is 0 Å². The summed E-state index contributed by atoms with van der Waals surface area (Å²) in [4.78, 5) is 43.1. The Kier molecular flexibility index (Phi) is 5.80. The lowest BCUT2D eigenvalue weighted by Gasteiger charge is -2.32. The Hall–Kier alpha value is -4.07. The van der Waals surface area contributed by atoms with Gasteiger partial charge in [0.15, 0.2) is 0 Å². The van der Waals surface area contributed by atoms with Crippen LogP contribution in [0.15, 0.2) is 66.7 Å². The van der Waals surface area contributed by atoms with Crippen molar-refractivity contribution in [2.45, 2.75) is 31.3 Å². The van der Waals surface area contributed by atoms with Gasteiger partial charge in [0.2, 0.25) is 0 Å². The minimum Gasteiger partial charge on any atom is -0.497 e. The van der Waals surface area contributed by atoms with Crippen molar-refractivity contribution in [3.8, 4) is 5.75 Å². The molecule has 2 aliphatic rings. The molecule has 0 spiro atoms. The van der Waals surface area contributed by atoms with Gasteiger partial charge in [-0.25, -0.2) is 8.78 Å². The number of imide groups is 1. The van der Waals surface area contributed by atoms with Crippen molar-refractivity contribution >= 4 is 23.4 Å². The van der Waals surface area contributed by atoms with Gasteiger partial charge in [0, 0.05) is 24.2 Å². The molecule has 1 aliphatic carbocycles. The quantitative estimate of drug-likeness (QED) is 0.475. The zero-order valence-electron chi connectivity index (χ0n) is 18.9. The number of ether oxygens (including phenoxy) is 1. The molecule has 0 radical (unpaired) electrons. The number of methoxy groups -OCH3 is 1. The molecule has 0 bridgehead atoms. The molecular weight excluding hydrogens is 454 g/mol. The van der Waals surface area contributed by atoms with E-state index in [0.29, 0.717) is 11.4 Å². The fourth-order valence-electron chi connectivity index (χ4n) is 4.49.